The molecule has 140 valence electrons. The molecule has 0 bridgehead atoms. The van der Waals surface area contributed by atoms with E-state index < -0.39 is 0 Å². The van der Waals surface area contributed by atoms with Crippen LogP contribution in [0.15, 0.2) is 76.2 Å². The molecular weight excluding hydrogens is 394 g/mol. The third-order valence-corrected chi connectivity index (χ3v) is 5.77. The molecule has 1 aliphatic heterocycles. The maximum atomic E-state index is 13.3. The highest BCUT2D eigenvalue weighted by Crippen LogP contribution is 2.40. The number of carbonyl (C=O) groups is 2. The number of hydrogen-bond donors (Lipinski definition) is 0. The molecule has 0 unspecified atom stereocenters. The van der Waals surface area contributed by atoms with E-state index in [0.717, 1.165) is 16.9 Å². The first-order valence-electron chi connectivity index (χ1n) is 8.66. The minimum atomic E-state index is -0.330. The van der Waals surface area contributed by atoms with Crippen LogP contribution in [0.25, 0.3) is 5.57 Å². The molecule has 0 fully saturated rings. The molecular formula is C22H16ClNO3S. The molecule has 2 amide bonds. The second kappa shape index (κ2) is 7.70. The van der Waals surface area contributed by atoms with Crippen molar-refractivity contribution in [3.05, 3.63) is 93.7 Å². The van der Waals surface area contributed by atoms with Gasteiger partial charge in [-0.2, -0.15) is 0 Å². The second-order valence-corrected chi connectivity index (χ2v) is 7.74. The number of anilines is 1. The van der Waals surface area contributed by atoms with E-state index in [1.807, 2.05) is 43.3 Å². The summed E-state index contributed by atoms with van der Waals surface area (Å²) in [4.78, 5) is 28.2. The van der Waals surface area contributed by atoms with E-state index in [9.17, 15) is 9.59 Å². The minimum Gasteiger partial charge on any atom is -0.468 e. The van der Waals surface area contributed by atoms with Crippen molar-refractivity contribution in [1.82, 2.24) is 0 Å². The molecule has 1 aromatic heterocycles. The average Bonchev–Trinajstić information content (AvgIpc) is 3.28. The lowest BCUT2D eigenvalue weighted by atomic mass is 10.1. The highest BCUT2D eigenvalue weighted by Gasteiger charge is 2.40. The molecule has 4 rings (SSSR count). The van der Waals surface area contributed by atoms with Crippen molar-refractivity contribution in [3.63, 3.8) is 0 Å². The largest absolute Gasteiger partial charge is 0.468 e. The summed E-state index contributed by atoms with van der Waals surface area (Å²) in [6, 6.07) is 18.0. The molecule has 2 heterocycles. The molecule has 0 atom stereocenters. The number of furan rings is 1. The third kappa shape index (κ3) is 3.39. The molecule has 1 aliphatic rings. The Labute approximate surface area is 171 Å². The molecule has 0 radical (unpaired) electrons. The molecule has 4 nitrogen and oxygen atoms in total. The summed E-state index contributed by atoms with van der Waals surface area (Å²) in [5.41, 5.74) is 2.44. The predicted octanol–water partition coefficient (Wildman–Crippen LogP) is 5.46. The highest BCUT2D eigenvalue weighted by molar-refractivity contribution is 8.03. The van der Waals surface area contributed by atoms with Crippen LogP contribution >= 0.6 is 23.4 Å². The van der Waals surface area contributed by atoms with Crippen LogP contribution in [-0.2, 0) is 15.3 Å². The first-order valence-corrected chi connectivity index (χ1v) is 10.0. The first kappa shape index (κ1) is 18.6. The Hall–Kier alpha value is -2.76. The van der Waals surface area contributed by atoms with Gasteiger partial charge in [-0.15, -0.1) is 11.8 Å². The van der Waals surface area contributed by atoms with Gasteiger partial charge in [-0.1, -0.05) is 41.9 Å². The Bertz CT molecular complexity index is 1070. The molecule has 2 aromatic carbocycles. The number of benzene rings is 2. The molecule has 0 saturated heterocycles. The van der Waals surface area contributed by atoms with Gasteiger partial charge in [-0.25, -0.2) is 4.90 Å². The lowest BCUT2D eigenvalue weighted by molar-refractivity contribution is -0.119. The molecule has 0 saturated carbocycles. The molecule has 0 spiro atoms. The number of thioether (sulfide) groups is 1. The molecule has 0 aliphatic carbocycles. The van der Waals surface area contributed by atoms with Gasteiger partial charge in [-0.3, -0.25) is 9.59 Å². The standard InChI is InChI=1S/C22H16ClNO3S/c1-14-12-16(23)9-10-18(14)24-21(25)19(15-6-3-2-4-7-15)20(22(24)26)28-13-17-8-5-11-27-17/h2-12H,13H2,1H3. The van der Waals surface area contributed by atoms with Gasteiger partial charge in [0.25, 0.3) is 11.8 Å². The van der Waals surface area contributed by atoms with E-state index in [0.29, 0.717) is 26.9 Å². The maximum absolute atomic E-state index is 13.3. The summed E-state index contributed by atoms with van der Waals surface area (Å²) in [6.45, 7) is 1.83. The van der Waals surface area contributed by atoms with Gasteiger partial charge < -0.3 is 4.42 Å². The summed E-state index contributed by atoms with van der Waals surface area (Å²) in [5.74, 6) is 0.547. The lowest BCUT2D eigenvalue weighted by Crippen LogP contribution is -2.31. The van der Waals surface area contributed by atoms with Crippen molar-refractivity contribution in [2.75, 3.05) is 4.90 Å². The van der Waals surface area contributed by atoms with Crippen molar-refractivity contribution >= 4 is 46.4 Å². The monoisotopic (exact) mass is 409 g/mol. The van der Waals surface area contributed by atoms with Crippen molar-refractivity contribution in [3.8, 4) is 0 Å². The van der Waals surface area contributed by atoms with Gasteiger partial charge in [0.15, 0.2) is 0 Å². The number of rotatable bonds is 5. The molecule has 0 N–H and O–H groups in total. The highest BCUT2D eigenvalue weighted by atomic mass is 35.5. The van der Waals surface area contributed by atoms with Crippen LogP contribution in [0.1, 0.15) is 16.9 Å². The van der Waals surface area contributed by atoms with E-state index in [1.54, 1.807) is 30.5 Å². The average molecular weight is 410 g/mol. The molecule has 3 aromatic rings. The number of halogens is 1. The molecule has 6 heteroatoms. The normalized spacial score (nSPS) is 14.3. The first-order chi connectivity index (χ1) is 13.6. The summed E-state index contributed by atoms with van der Waals surface area (Å²) >= 11 is 7.35. The fourth-order valence-corrected chi connectivity index (χ4v) is 4.37. The van der Waals surface area contributed by atoms with Gasteiger partial charge in [0, 0.05) is 5.02 Å². The van der Waals surface area contributed by atoms with E-state index in [2.05, 4.69) is 0 Å². The van der Waals surface area contributed by atoms with Crippen LogP contribution < -0.4 is 4.90 Å². The Morgan fingerprint density at radius 1 is 1.00 bits per heavy atom. The fourth-order valence-electron chi connectivity index (χ4n) is 3.13. The van der Waals surface area contributed by atoms with E-state index in [1.165, 1.54) is 16.7 Å². The van der Waals surface area contributed by atoms with Gasteiger partial charge in [0.1, 0.15) is 5.76 Å². The number of aryl methyl sites for hydroxylation is 1. The van der Waals surface area contributed by atoms with E-state index in [-0.39, 0.29) is 11.8 Å². The van der Waals surface area contributed by atoms with Crippen LogP contribution in [0.5, 0.6) is 0 Å². The summed E-state index contributed by atoms with van der Waals surface area (Å²) < 4.78 is 5.37. The van der Waals surface area contributed by atoms with Crippen LogP contribution in [0.3, 0.4) is 0 Å². The Morgan fingerprint density at radius 3 is 2.46 bits per heavy atom. The summed E-state index contributed by atoms with van der Waals surface area (Å²) in [5, 5.41) is 0.559. The lowest BCUT2D eigenvalue weighted by Gasteiger charge is -2.18. The Morgan fingerprint density at radius 2 is 1.79 bits per heavy atom. The smallest absolute Gasteiger partial charge is 0.272 e. The maximum Gasteiger partial charge on any atom is 0.272 e. The number of imide groups is 1. The number of carbonyl (C=O) groups excluding carboxylic acids is 2. The number of nitrogens with zero attached hydrogens (tertiary/aromatic N) is 1. The summed E-state index contributed by atoms with van der Waals surface area (Å²) in [7, 11) is 0. The van der Waals surface area contributed by atoms with Crippen molar-refractivity contribution in [1.29, 1.82) is 0 Å². The zero-order chi connectivity index (χ0) is 19.7. The predicted molar refractivity (Wildman–Crippen MR) is 112 cm³/mol. The van der Waals surface area contributed by atoms with Gasteiger partial charge >= 0.3 is 0 Å². The topological polar surface area (TPSA) is 50.5 Å². The van der Waals surface area contributed by atoms with Crippen molar-refractivity contribution in [2.24, 2.45) is 0 Å². The third-order valence-electron chi connectivity index (χ3n) is 4.44. The van der Waals surface area contributed by atoms with Gasteiger partial charge in [0.05, 0.1) is 28.2 Å². The van der Waals surface area contributed by atoms with E-state index in [4.69, 9.17) is 16.0 Å². The number of hydrogen-bond acceptors (Lipinski definition) is 4. The number of amides is 2. The second-order valence-electron chi connectivity index (χ2n) is 6.31. The van der Waals surface area contributed by atoms with Crippen LogP contribution in [0.4, 0.5) is 5.69 Å². The fraction of sp³-hybridized carbons (Fsp3) is 0.0909. The van der Waals surface area contributed by atoms with Crippen molar-refractivity contribution in [2.45, 2.75) is 12.7 Å². The van der Waals surface area contributed by atoms with Gasteiger partial charge in [-0.05, 0) is 48.4 Å². The van der Waals surface area contributed by atoms with Crippen LogP contribution in [-0.4, -0.2) is 11.8 Å². The Balaban J connectivity index is 1.76. The zero-order valence-corrected chi connectivity index (χ0v) is 16.6. The van der Waals surface area contributed by atoms with Crippen molar-refractivity contribution < 1.29 is 14.0 Å². The zero-order valence-electron chi connectivity index (χ0n) is 15.0. The van der Waals surface area contributed by atoms with Crippen LogP contribution in [0.2, 0.25) is 5.02 Å². The van der Waals surface area contributed by atoms with E-state index >= 15 is 0 Å². The van der Waals surface area contributed by atoms with Crippen LogP contribution in [0, 0.1) is 6.92 Å². The quantitative estimate of drug-likeness (QED) is 0.525. The Kier molecular flexibility index (Phi) is 5.11. The SMILES string of the molecule is Cc1cc(Cl)ccc1N1C(=O)C(SCc2ccco2)=C(c2ccccc2)C1=O. The minimum absolute atomic E-state index is 0.328. The summed E-state index contributed by atoms with van der Waals surface area (Å²) in [6.07, 6.45) is 1.59. The van der Waals surface area contributed by atoms with Gasteiger partial charge in [0.2, 0.25) is 0 Å². The molecule has 28 heavy (non-hydrogen) atoms.